The highest BCUT2D eigenvalue weighted by Gasteiger charge is 2.16. The smallest absolute Gasteiger partial charge is 0.258 e. The van der Waals surface area contributed by atoms with Gasteiger partial charge in [0.25, 0.3) is 5.69 Å². The van der Waals surface area contributed by atoms with Crippen molar-refractivity contribution in [3.63, 3.8) is 0 Å². The van der Waals surface area contributed by atoms with Crippen molar-refractivity contribution in [1.29, 1.82) is 0 Å². The molecule has 10 heteroatoms. The standard InChI is InChI=1S/C21H15ClN4O4S/c22-16-6-4-14(5-7-16)20-13-21(15-2-1-3-18(12-15)26(27)28)25(24-20)17-8-10-19(11-9-17)31(23,29)30/h1-13H,(H2,23,29,30). The molecule has 0 radical (unpaired) electrons. The predicted octanol–water partition coefficient (Wildman–Crippen LogP) is 4.42. The third-order valence-electron chi connectivity index (χ3n) is 4.61. The number of hydrogen-bond donors (Lipinski definition) is 1. The summed E-state index contributed by atoms with van der Waals surface area (Å²) in [6, 6.07) is 21.0. The molecule has 4 aromatic rings. The van der Waals surface area contributed by atoms with Crippen LogP contribution in [0.1, 0.15) is 0 Å². The van der Waals surface area contributed by atoms with Crippen molar-refractivity contribution in [1.82, 2.24) is 9.78 Å². The first kappa shape index (κ1) is 20.7. The van der Waals surface area contributed by atoms with Gasteiger partial charge < -0.3 is 0 Å². The Kier molecular flexibility index (Phi) is 5.32. The molecule has 0 saturated carbocycles. The van der Waals surface area contributed by atoms with Crippen LogP contribution in [-0.4, -0.2) is 23.1 Å². The highest BCUT2D eigenvalue weighted by atomic mass is 35.5. The van der Waals surface area contributed by atoms with Gasteiger partial charge in [-0.15, -0.1) is 0 Å². The lowest BCUT2D eigenvalue weighted by atomic mass is 10.1. The molecule has 4 rings (SSSR count). The second kappa shape index (κ2) is 7.95. The van der Waals surface area contributed by atoms with E-state index in [0.717, 1.165) is 5.56 Å². The van der Waals surface area contributed by atoms with Crippen LogP contribution in [0.15, 0.2) is 83.8 Å². The molecule has 0 aliphatic heterocycles. The van der Waals surface area contributed by atoms with Crippen LogP contribution in [0.25, 0.3) is 28.2 Å². The summed E-state index contributed by atoms with van der Waals surface area (Å²) in [4.78, 5) is 10.7. The molecule has 0 unspecified atom stereocenters. The van der Waals surface area contributed by atoms with Gasteiger partial charge in [0.15, 0.2) is 0 Å². The van der Waals surface area contributed by atoms with Crippen LogP contribution in [0.4, 0.5) is 5.69 Å². The minimum Gasteiger partial charge on any atom is -0.258 e. The van der Waals surface area contributed by atoms with Gasteiger partial charge in [0.2, 0.25) is 10.0 Å². The van der Waals surface area contributed by atoms with E-state index in [2.05, 4.69) is 5.10 Å². The first-order valence-electron chi connectivity index (χ1n) is 8.96. The molecule has 0 aliphatic rings. The van der Waals surface area contributed by atoms with Crippen LogP contribution in [-0.2, 0) is 10.0 Å². The summed E-state index contributed by atoms with van der Waals surface area (Å²) < 4.78 is 24.7. The normalized spacial score (nSPS) is 11.4. The summed E-state index contributed by atoms with van der Waals surface area (Å²) in [5, 5.41) is 21.6. The lowest BCUT2D eigenvalue weighted by molar-refractivity contribution is -0.384. The maximum absolute atomic E-state index is 11.6. The van der Waals surface area contributed by atoms with Crippen LogP contribution in [0.5, 0.6) is 0 Å². The second-order valence-electron chi connectivity index (χ2n) is 6.68. The van der Waals surface area contributed by atoms with E-state index in [1.165, 1.54) is 24.3 Å². The zero-order valence-corrected chi connectivity index (χ0v) is 17.4. The Morgan fingerprint density at radius 3 is 2.23 bits per heavy atom. The molecule has 3 aromatic carbocycles. The highest BCUT2D eigenvalue weighted by molar-refractivity contribution is 7.89. The average molecular weight is 455 g/mol. The van der Waals surface area contributed by atoms with Crippen molar-refractivity contribution in [2.45, 2.75) is 4.90 Å². The van der Waals surface area contributed by atoms with Crippen LogP contribution < -0.4 is 5.14 Å². The minimum absolute atomic E-state index is 0.0294. The number of primary sulfonamides is 1. The van der Waals surface area contributed by atoms with Gasteiger partial charge in [-0.25, -0.2) is 18.2 Å². The van der Waals surface area contributed by atoms with Gasteiger partial charge in [0.1, 0.15) is 0 Å². The van der Waals surface area contributed by atoms with E-state index in [1.54, 1.807) is 47.1 Å². The summed E-state index contributed by atoms with van der Waals surface area (Å²) in [5.74, 6) is 0. The number of halogens is 1. The van der Waals surface area contributed by atoms with Crippen LogP contribution in [0.3, 0.4) is 0 Å². The summed E-state index contributed by atoms with van der Waals surface area (Å²) in [6.07, 6.45) is 0. The molecule has 0 fully saturated rings. The lowest BCUT2D eigenvalue weighted by Crippen LogP contribution is -2.12. The molecule has 1 heterocycles. The van der Waals surface area contributed by atoms with Crippen LogP contribution >= 0.6 is 11.6 Å². The van der Waals surface area contributed by atoms with E-state index in [4.69, 9.17) is 16.7 Å². The topological polar surface area (TPSA) is 121 Å². The lowest BCUT2D eigenvalue weighted by Gasteiger charge is -2.08. The number of nitro groups is 1. The maximum Gasteiger partial charge on any atom is 0.270 e. The number of non-ortho nitro benzene ring substituents is 1. The molecular weight excluding hydrogens is 440 g/mol. The SMILES string of the molecule is NS(=O)(=O)c1ccc(-n2nc(-c3ccc(Cl)cc3)cc2-c2cccc([N+](=O)[O-])c2)cc1. The molecule has 0 aliphatic carbocycles. The number of rotatable bonds is 5. The van der Waals surface area contributed by atoms with Crippen molar-refractivity contribution >= 4 is 27.3 Å². The fourth-order valence-electron chi connectivity index (χ4n) is 3.10. The number of aromatic nitrogens is 2. The molecule has 31 heavy (non-hydrogen) atoms. The van der Waals surface area contributed by atoms with E-state index in [0.29, 0.717) is 27.7 Å². The fraction of sp³-hybridized carbons (Fsp3) is 0. The first-order chi connectivity index (χ1) is 14.7. The Balaban J connectivity index is 1.89. The van der Waals surface area contributed by atoms with Crippen molar-refractivity contribution in [3.8, 4) is 28.2 Å². The molecule has 156 valence electrons. The largest absolute Gasteiger partial charge is 0.270 e. The predicted molar refractivity (Wildman–Crippen MR) is 117 cm³/mol. The van der Waals surface area contributed by atoms with Crippen molar-refractivity contribution < 1.29 is 13.3 Å². The fourth-order valence-corrected chi connectivity index (χ4v) is 3.74. The van der Waals surface area contributed by atoms with Crippen molar-refractivity contribution in [2.75, 3.05) is 0 Å². The summed E-state index contributed by atoms with van der Waals surface area (Å²) in [7, 11) is -3.84. The van der Waals surface area contributed by atoms with E-state index in [-0.39, 0.29) is 10.6 Å². The Hall–Kier alpha value is -3.53. The summed E-state index contributed by atoms with van der Waals surface area (Å²) in [6.45, 7) is 0. The first-order valence-corrected chi connectivity index (χ1v) is 10.9. The quantitative estimate of drug-likeness (QED) is 0.353. The molecule has 1 aromatic heterocycles. The van der Waals surface area contributed by atoms with E-state index in [1.807, 2.05) is 12.1 Å². The van der Waals surface area contributed by atoms with Gasteiger partial charge >= 0.3 is 0 Å². The molecule has 0 atom stereocenters. The Morgan fingerprint density at radius 1 is 0.935 bits per heavy atom. The molecule has 0 bridgehead atoms. The van der Waals surface area contributed by atoms with Gasteiger partial charge in [-0.05, 0) is 42.5 Å². The third kappa shape index (κ3) is 4.33. The van der Waals surface area contributed by atoms with Gasteiger partial charge in [-0.2, -0.15) is 5.10 Å². The van der Waals surface area contributed by atoms with E-state index < -0.39 is 14.9 Å². The number of hydrogen-bond acceptors (Lipinski definition) is 5. The Morgan fingerprint density at radius 2 is 1.61 bits per heavy atom. The zero-order valence-electron chi connectivity index (χ0n) is 15.8. The Bertz CT molecular complexity index is 1380. The van der Waals surface area contributed by atoms with E-state index >= 15 is 0 Å². The van der Waals surface area contributed by atoms with Crippen LogP contribution in [0, 0.1) is 10.1 Å². The highest BCUT2D eigenvalue weighted by Crippen LogP contribution is 2.31. The Labute approximate surface area is 182 Å². The summed E-state index contributed by atoms with van der Waals surface area (Å²) in [5.41, 5.74) is 3.11. The minimum atomic E-state index is -3.84. The van der Waals surface area contributed by atoms with E-state index in [9.17, 15) is 18.5 Å². The van der Waals surface area contributed by atoms with Gasteiger partial charge in [-0.1, -0.05) is 35.9 Å². The number of nitrogens with zero attached hydrogens (tertiary/aromatic N) is 3. The number of benzene rings is 3. The van der Waals surface area contributed by atoms with Gasteiger partial charge in [0, 0.05) is 28.3 Å². The number of sulfonamides is 1. The maximum atomic E-state index is 11.6. The monoisotopic (exact) mass is 454 g/mol. The number of nitrogens with two attached hydrogens (primary N) is 1. The molecule has 8 nitrogen and oxygen atoms in total. The average Bonchev–Trinajstić information content (AvgIpc) is 3.19. The molecule has 0 saturated heterocycles. The van der Waals surface area contributed by atoms with Crippen LogP contribution in [0.2, 0.25) is 5.02 Å². The van der Waals surface area contributed by atoms with Crippen molar-refractivity contribution in [2.24, 2.45) is 5.14 Å². The molecule has 0 amide bonds. The third-order valence-corrected chi connectivity index (χ3v) is 5.79. The van der Waals surface area contributed by atoms with Crippen molar-refractivity contribution in [3.05, 3.63) is 94.0 Å². The van der Waals surface area contributed by atoms with Gasteiger partial charge in [-0.3, -0.25) is 10.1 Å². The van der Waals surface area contributed by atoms with Gasteiger partial charge in [0.05, 0.1) is 26.9 Å². The molecular formula is C21H15ClN4O4S. The summed E-state index contributed by atoms with van der Waals surface area (Å²) >= 11 is 5.98. The molecule has 0 spiro atoms. The second-order valence-corrected chi connectivity index (χ2v) is 8.68. The number of nitro benzene ring substituents is 1. The zero-order chi connectivity index (χ0) is 22.2. The molecule has 2 N–H and O–H groups in total.